The van der Waals surface area contributed by atoms with Gasteiger partial charge < -0.3 is 9.64 Å². The van der Waals surface area contributed by atoms with Crippen molar-refractivity contribution in [1.29, 1.82) is 0 Å². The fourth-order valence-corrected chi connectivity index (χ4v) is 2.42. The van der Waals surface area contributed by atoms with Crippen LogP contribution in [0.15, 0.2) is 42.5 Å². The molecule has 0 bridgehead atoms. The van der Waals surface area contributed by atoms with E-state index in [2.05, 4.69) is 32.0 Å². The van der Waals surface area contributed by atoms with Crippen molar-refractivity contribution in [1.82, 2.24) is 0 Å². The molecule has 0 fully saturated rings. The van der Waals surface area contributed by atoms with Crippen molar-refractivity contribution < 1.29 is 9.53 Å². The maximum absolute atomic E-state index is 12.4. The van der Waals surface area contributed by atoms with Gasteiger partial charge in [0.2, 0.25) is 0 Å². The van der Waals surface area contributed by atoms with Crippen LogP contribution in [-0.2, 0) is 0 Å². The van der Waals surface area contributed by atoms with Gasteiger partial charge in [-0.05, 0) is 37.6 Å². The summed E-state index contributed by atoms with van der Waals surface area (Å²) in [5.74, 6) is 0.784. The molecule has 0 saturated carbocycles. The zero-order valence-electron chi connectivity index (χ0n) is 13.0. The molecule has 0 aliphatic heterocycles. The molecule has 3 heteroatoms. The number of hydrogen-bond acceptors (Lipinski definition) is 3. The standard InChI is InChI=1S/C18H21NO2/c1-13-8-9-17(14(2)10-13)19(3)12-18(20)15-6-5-7-16(11-15)21-4/h5-11H,12H2,1-4H3. The van der Waals surface area contributed by atoms with Crippen LogP contribution in [0.2, 0.25) is 0 Å². The smallest absolute Gasteiger partial charge is 0.182 e. The number of aryl methyl sites for hydroxylation is 2. The third-order valence-corrected chi connectivity index (χ3v) is 3.54. The second-order valence-corrected chi connectivity index (χ2v) is 5.30. The lowest BCUT2D eigenvalue weighted by molar-refractivity contribution is 0.1000. The minimum absolute atomic E-state index is 0.0800. The molecule has 0 unspecified atom stereocenters. The number of benzene rings is 2. The van der Waals surface area contributed by atoms with E-state index < -0.39 is 0 Å². The summed E-state index contributed by atoms with van der Waals surface area (Å²) in [5, 5.41) is 0. The lowest BCUT2D eigenvalue weighted by atomic mass is 10.1. The second-order valence-electron chi connectivity index (χ2n) is 5.30. The first-order valence-electron chi connectivity index (χ1n) is 6.97. The number of carbonyl (C=O) groups is 1. The molecule has 0 amide bonds. The van der Waals surface area contributed by atoms with E-state index in [1.165, 1.54) is 11.1 Å². The van der Waals surface area contributed by atoms with Gasteiger partial charge in [-0.15, -0.1) is 0 Å². The molecule has 0 N–H and O–H groups in total. The number of nitrogens with zero attached hydrogens (tertiary/aromatic N) is 1. The predicted molar refractivity (Wildman–Crippen MR) is 86.5 cm³/mol. The highest BCUT2D eigenvalue weighted by atomic mass is 16.5. The number of Topliss-reactive ketones (excluding diaryl/α,β-unsaturated/α-hetero) is 1. The largest absolute Gasteiger partial charge is 0.497 e. The number of ketones is 1. The first kappa shape index (κ1) is 15.1. The summed E-state index contributed by atoms with van der Waals surface area (Å²) in [5.41, 5.74) is 4.16. The van der Waals surface area contributed by atoms with E-state index in [1.54, 1.807) is 13.2 Å². The zero-order chi connectivity index (χ0) is 15.4. The Balaban J connectivity index is 2.14. The molecule has 0 aliphatic carbocycles. The molecule has 110 valence electrons. The lowest BCUT2D eigenvalue weighted by Crippen LogP contribution is -2.26. The first-order chi connectivity index (χ1) is 10.0. The van der Waals surface area contributed by atoms with Gasteiger partial charge in [0.25, 0.3) is 0 Å². The van der Waals surface area contributed by atoms with Crippen molar-refractivity contribution in [2.75, 3.05) is 25.6 Å². The average molecular weight is 283 g/mol. The minimum atomic E-state index is 0.0800. The molecule has 2 aromatic rings. The van der Waals surface area contributed by atoms with Gasteiger partial charge >= 0.3 is 0 Å². The van der Waals surface area contributed by atoms with Gasteiger partial charge in [-0.3, -0.25) is 4.79 Å². The van der Waals surface area contributed by atoms with Crippen molar-refractivity contribution in [2.24, 2.45) is 0 Å². The lowest BCUT2D eigenvalue weighted by Gasteiger charge is -2.21. The average Bonchev–Trinajstić information content (AvgIpc) is 2.47. The number of carbonyl (C=O) groups excluding carboxylic acids is 1. The molecule has 0 saturated heterocycles. The van der Waals surface area contributed by atoms with Crippen LogP contribution in [0.25, 0.3) is 0 Å². The monoisotopic (exact) mass is 283 g/mol. The third kappa shape index (κ3) is 3.63. The summed E-state index contributed by atoms with van der Waals surface area (Å²) in [7, 11) is 3.54. The van der Waals surface area contributed by atoms with Crippen LogP contribution < -0.4 is 9.64 Å². The number of hydrogen-bond donors (Lipinski definition) is 0. The zero-order valence-corrected chi connectivity index (χ0v) is 13.0. The maximum Gasteiger partial charge on any atom is 0.182 e. The Kier molecular flexibility index (Phi) is 4.63. The summed E-state index contributed by atoms with van der Waals surface area (Å²) in [6.45, 7) is 4.48. The van der Waals surface area contributed by atoms with Gasteiger partial charge in [-0.1, -0.05) is 29.8 Å². The van der Waals surface area contributed by atoms with E-state index in [-0.39, 0.29) is 5.78 Å². The molecule has 0 heterocycles. The topological polar surface area (TPSA) is 29.5 Å². The highest BCUT2D eigenvalue weighted by Crippen LogP contribution is 2.21. The van der Waals surface area contributed by atoms with E-state index in [1.807, 2.05) is 30.1 Å². The number of ether oxygens (including phenoxy) is 1. The van der Waals surface area contributed by atoms with Crippen LogP contribution in [-0.4, -0.2) is 26.5 Å². The summed E-state index contributed by atoms with van der Waals surface area (Å²) in [4.78, 5) is 14.4. The molecular weight excluding hydrogens is 262 g/mol. The Bertz CT molecular complexity index is 649. The van der Waals surface area contributed by atoms with Crippen LogP contribution in [0.4, 0.5) is 5.69 Å². The maximum atomic E-state index is 12.4. The van der Waals surface area contributed by atoms with Gasteiger partial charge in [0.15, 0.2) is 5.78 Å². The summed E-state index contributed by atoms with van der Waals surface area (Å²) in [6.07, 6.45) is 0. The van der Waals surface area contributed by atoms with E-state index >= 15 is 0 Å². The fraction of sp³-hybridized carbons (Fsp3) is 0.278. The van der Waals surface area contributed by atoms with Crippen molar-refractivity contribution >= 4 is 11.5 Å². The summed E-state index contributed by atoms with van der Waals surface area (Å²) >= 11 is 0. The Hall–Kier alpha value is -2.29. The minimum Gasteiger partial charge on any atom is -0.497 e. The number of methoxy groups -OCH3 is 1. The van der Waals surface area contributed by atoms with Crippen molar-refractivity contribution in [3.05, 3.63) is 59.2 Å². The fourth-order valence-electron chi connectivity index (χ4n) is 2.42. The highest BCUT2D eigenvalue weighted by Gasteiger charge is 2.12. The summed E-state index contributed by atoms with van der Waals surface area (Å²) < 4.78 is 5.16. The quantitative estimate of drug-likeness (QED) is 0.785. The molecule has 2 rings (SSSR count). The molecule has 0 radical (unpaired) electrons. The molecule has 2 aromatic carbocycles. The normalized spacial score (nSPS) is 10.3. The van der Waals surface area contributed by atoms with Crippen LogP contribution >= 0.6 is 0 Å². The van der Waals surface area contributed by atoms with Crippen molar-refractivity contribution in [2.45, 2.75) is 13.8 Å². The second kappa shape index (κ2) is 6.44. The Morgan fingerprint density at radius 2 is 1.90 bits per heavy atom. The van der Waals surface area contributed by atoms with Gasteiger partial charge in [0.1, 0.15) is 5.75 Å². The van der Waals surface area contributed by atoms with Crippen molar-refractivity contribution in [3.8, 4) is 5.75 Å². The summed E-state index contributed by atoms with van der Waals surface area (Å²) in [6, 6.07) is 13.5. The van der Waals surface area contributed by atoms with Gasteiger partial charge in [0, 0.05) is 18.3 Å². The number of anilines is 1. The molecule has 21 heavy (non-hydrogen) atoms. The molecule has 0 spiro atoms. The number of rotatable bonds is 5. The Morgan fingerprint density at radius 1 is 1.14 bits per heavy atom. The number of likely N-dealkylation sites (N-methyl/N-ethyl adjacent to an activating group) is 1. The van der Waals surface area contributed by atoms with Crippen LogP contribution in [0.3, 0.4) is 0 Å². The predicted octanol–water partition coefficient (Wildman–Crippen LogP) is 3.63. The van der Waals surface area contributed by atoms with Gasteiger partial charge in [0.05, 0.1) is 13.7 Å². The molecule has 3 nitrogen and oxygen atoms in total. The van der Waals surface area contributed by atoms with E-state index in [4.69, 9.17) is 4.74 Å². The molecule has 0 aliphatic rings. The van der Waals surface area contributed by atoms with Crippen LogP contribution in [0.1, 0.15) is 21.5 Å². The van der Waals surface area contributed by atoms with E-state index in [0.717, 1.165) is 5.69 Å². The first-order valence-corrected chi connectivity index (χ1v) is 6.97. The van der Waals surface area contributed by atoms with Gasteiger partial charge in [-0.2, -0.15) is 0 Å². The Morgan fingerprint density at radius 3 is 2.57 bits per heavy atom. The van der Waals surface area contributed by atoms with E-state index in [9.17, 15) is 4.79 Å². The van der Waals surface area contributed by atoms with Crippen molar-refractivity contribution in [3.63, 3.8) is 0 Å². The van der Waals surface area contributed by atoms with Gasteiger partial charge in [-0.25, -0.2) is 0 Å². The third-order valence-electron chi connectivity index (χ3n) is 3.54. The molecule has 0 atom stereocenters. The Labute approximate surface area is 126 Å². The molecular formula is C18H21NO2. The highest BCUT2D eigenvalue weighted by molar-refractivity contribution is 5.99. The van der Waals surface area contributed by atoms with E-state index in [0.29, 0.717) is 17.9 Å². The molecule has 0 aromatic heterocycles. The SMILES string of the molecule is COc1cccc(C(=O)CN(C)c2ccc(C)cc2C)c1. The van der Waals surface area contributed by atoms with Crippen LogP contribution in [0.5, 0.6) is 5.75 Å². The van der Waals surface area contributed by atoms with Crippen LogP contribution in [0, 0.1) is 13.8 Å².